The van der Waals surface area contributed by atoms with Gasteiger partial charge in [0.25, 0.3) is 0 Å². The van der Waals surface area contributed by atoms with Gasteiger partial charge in [0.05, 0.1) is 11.4 Å². The monoisotopic (exact) mass is 286 g/mol. The fourth-order valence-electron chi connectivity index (χ4n) is 2.27. The van der Waals surface area contributed by atoms with Gasteiger partial charge in [-0.25, -0.2) is 4.39 Å². The molecular formula is C16H19FN4. The molecule has 0 saturated carbocycles. The molecule has 0 fully saturated rings. The van der Waals surface area contributed by atoms with Gasteiger partial charge in [-0.2, -0.15) is 10.4 Å². The second kappa shape index (κ2) is 5.57. The third-order valence-electron chi connectivity index (χ3n) is 3.21. The Balaban J connectivity index is 2.26. The van der Waals surface area contributed by atoms with E-state index in [4.69, 9.17) is 5.26 Å². The molecule has 1 aromatic carbocycles. The number of rotatable bonds is 3. The van der Waals surface area contributed by atoms with Crippen LogP contribution in [0.1, 0.15) is 37.6 Å². The van der Waals surface area contributed by atoms with E-state index in [2.05, 4.69) is 31.2 Å². The van der Waals surface area contributed by atoms with Crippen LogP contribution >= 0.6 is 0 Å². The Bertz CT molecular complexity index is 689. The summed E-state index contributed by atoms with van der Waals surface area (Å²) in [4.78, 5) is 0. The number of aromatic nitrogens is 2. The van der Waals surface area contributed by atoms with E-state index >= 15 is 0 Å². The number of aryl methyl sites for hydroxylation is 1. The maximum Gasteiger partial charge on any atom is 0.143 e. The second-order valence-electron chi connectivity index (χ2n) is 6.05. The van der Waals surface area contributed by atoms with E-state index in [-0.39, 0.29) is 11.0 Å². The highest BCUT2D eigenvalue weighted by atomic mass is 19.1. The molecule has 1 aromatic heterocycles. The third kappa shape index (κ3) is 3.22. The molecular weight excluding hydrogens is 267 g/mol. The van der Waals surface area contributed by atoms with Crippen molar-refractivity contribution in [3.63, 3.8) is 0 Å². The number of nitrogens with one attached hydrogen (secondary N) is 1. The van der Waals surface area contributed by atoms with Crippen LogP contribution in [0.5, 0.6) is 0 Å². The fourth-order valence-corrected chi connectivity index (χ4v) is 2.27. The Morgan fingerprint density at radius 3 is 2.71 bits per heavy atom. The van der Waals surface area contributed by atoms with E-state index < -0.39 is 5.82 Å². The number of anilines is 1. The summed E-state index contributed by atoms with van der Waals surface area (Å²) in [6.07, 6.45) is 1.94. The summed E-state index contributed by atoms with van der Waals surface area (Å²) in [7, 11) is 1.88. The van der Waals surface area contributed by atoms with Gasteiger partial charge in [0.2, 0.25) is 0 Å². The van der Waals surface area contributed by atoms with Gasteiger partial charge in [0.15, 0.2) is 0 Å². The minimum Gasteiger partial charge on any atom is -0.380 e. The second-order valence-corrected chi connectivity index (χ2v) is 6.05. The Kier molecular flexibility index (Phi) is 3.99. The molecule has 0 aliphatic heterocycles. The highest BCUT2D eigenvalue weighted by Gasteiger charge is 2.21. The Labute approximate surface area is 124 Å². The van der Waals surface area contributed by atoms with E-state index in [1.807, 2.05) is 19.3 Å². The van der Waals surface area contributed by atoms with Crippen LogP contribution in [0.3, 0.4) is 0 Å². The average Bonchev–Trinajstić information content (AvgIpc) is 2.77. The molecule has 0 saturated heterocycles. The molecule has 5 heteroatoms. The van der Waals surface area contributed by atoms with Crippen LogP contribution in [0.4, 0.5) is 10.1 Å². The lowest BCUT2D eigenvalue weighted by Gasteiger charge is -2.18. The molecule has 21 heavy (non-hydrogen) atoms. The van der Waals surface area contributed by atoms with Crippen molar-refractivity contribution in [3.05, 3.63) is 47.0 Å². The van der Waals surface area contributed by atoms with Gasteiger partial charge in [-0.3, -0.25) is 4.68 Å². The van der Waals surface area contributed by atoms with Crippen molar-refractivity contribution in [1.82, 2.24) is 9.78 Å². The first-order valence-electron chi connectivity index (χ1n) is 6.78. The van der Waals surface area contributed by atoms with E-state index in [0.717, 1.165) is 11.3 Å². The molecule has 0 unspecified atom stereocenters. The minimum atomic E-state index is -0.510. The summed E-state index contributed by atoms with van der Waals surface area (Å²) < 4.78 is 15.3. The Hall–Kier alpha value is -2.35. The summed E-state index contributed by atoms with van der Waals surface area (Å²) in [5.41, 5.74) is 2.50. The van der Waals surface area contributed by atoms with E-state index in [1.54, 1.807) is 16.8 Å². The van der Waals surface area contributed by atoms with Crippen molar-refractivity contribution in [1.29, 1.82) is 5.26 Å². The zero-order valence-electron chi connectivity index (χ0n) is 12.7. The lowest BCUT2D eigenvalue weighted by Crippen LogP contribution is -2.16. The minimum absolute atomic E-state index is 0.0405. The van der Waals surface area contributed by atoms with Crippen molar-refractivity contribution < 1.29 is 4.39 Å². The standard InChI is InChI=1S/C16H19FN4/c1-16(2,3)15-11(10-21(4)20-15)9-19-14-7-5-6-13(17)12(14)8-18/h5-7,10,19H,9H2,1-4H3. The largest absolute Gasteiger partial charge is 0.380 e. The normalized spacial score (nSPS) is 11.2. The van der Waals surface area contributed by atoms with Gasteiger partial charge < -0.3 is 5.32 Å². The highest BCUT2D eigenvalue weighted by Crippen LogP contribution is 2.25. The molecule has 0 bridgehead atoms. The molecule has 0 spiro atoms. The molecule has 0 amide bonds. The van der Waals surface area contributed by atoms with Crippen molar-refractivity contribution >= 4 is 5.69 Å². The molecule has 1 N–H and O–H groups in total. The zero-order chi connectivity index (χ0) is 15.6. The number of nitrogens with zero attached hydrogens (tertiary/aromatic N) is 3. The van der Waals surface area contributed by atoms with Crippen LogP contribution in [-0.4, -0.2) is 9.78 Å². The van der Waals surface area contributed by atoms with E-state index in [9.17, 15) is 4.39 Å². The summed E-state index contributed by atoms with van der Waals surface area (Å²) in [5, 5.41) is 16.7. The first-order chi connectivity index (χ1) is 9.82. The van der Waals surface area contributed by atoms with Gasteiger partial charge >= 0.3 is 0 Å². The van der Waals surface area contributed by atoms with Crippen molar-refractivity contribution in [3.8, 4) is 6.07 Å². The molecule has 0 aliphatic carbocycles. The first kappa shape index (κ1) is 15.0. The third-order valence-corrected chi connectivity index (χ3v) is 3.21. The molecule has 0 radical (unpaired) electrons. The number of nitriles is 1. The fraction of sp³-hybridized carbons (Fsp3) is 0.375. The molecule has 0 atom stereocenters. The average molecular weight is 286 g/mol. The molecule has 2 rings (SSSR count). The quantitative estimate of drug-likeness (QED) is 0.941. The summed E-state index contributed by atoms with van der Waals surface area (Å²) in [6, 6.07) is 6.47. The lowest BCUT2D eigenvalue weighted by molar-refractivity contribution is 0.549. The van der Waals surface area contributed by atoms with Crippen LogP contribution in [0.15, 0.2) is 24.4 Å². The van der Waals surface area contributed by atoms with Crippen LogP contribution in [0.2, 0.25) is 0 Å². The van der Waals surface area contributed by atoms with Crippen molar-refractivity contribution in [2.24, 2.45) is 7.05 Å². The number of halogens is 1. The molecule has 2 aromatic rings. The van der Waals surface area contributed by atoms with Gasteiger partial charge in [0.1, 0.15) is 17.4 Å². The van der Waals surface area contributed by atoms with Gasteiger partial charge in [-0.1, -0.05) is 26.8 Å². The maximum absolute atomic E-state index is 13.6. The smallest absolute Gasteiger partial charge is 0.143 e. The van der Waals surface area contributed by atoms with E-state index in [0.29, 0.717) is 12.2 Å². The van der Waals surface area contributed by atoms with Gasteiger partial charge in [0, 0.05) is 30.8 Å². The summed E-state index contributed by atoms with van der Waals surface area (Å²) >= 11 is 0. The Morgan fingerprint density at radius 2 is 2.10 bits per heavy atom. The molecule has 0 aliphatic rings. The van der Waals surface area contributed by atoms with Crippen molar-refractivity contribution in [2.75, 3.05) is 5.32 Å². The molecule has 110 valence electrons. The van der Waals surface area contributed by atoms with Crippen LogP contribution in [-0.2, 0) is 19.0 Å². The van der Waals surface area contributed by atoms with Crippen LogP contribution in [0, 0.1) is 17.1 Å². The maximum atomic E-state index is 13.6. The number of hydrogen-bond donors (Lipinski definition) is 1. The van der Waals surface area contributed by atoms with Gasteiger partial charge in [-0.15, -0.1) is 0 Å². The summed E-state index contributed by atoms with van der Waals surface area (Å²) in [6.45, 7) is 6.80. The van der Waals surface area contributed by atoms with Gasteiger partial charge in [-0.05, 0) is 12.1 Å². The molecule has 1 heterocycles. The lowest BCUT2D eigenvalue weighted by atomic mass is 9.89. The predicted molar refractivity (Wildman–Crippen MR) is 80.3 cm³/mol. The summed E-state index contributed by atoms with van der Waals surface area (Å²) in [5.74, 6) is -0.510. The Morgan fingerprint density at radius 1 is 1.38 bits per heavy atom. The SMILES string of the molecule is Cn1cc(CNc2cccc(F)c2C#N)c(C(C)(C)C)n1. The topological polar surface area (TPSA) is 53.6 Å². The van der Waals surface area contributed by atoms with E-state index in [1.165, 1.54) is 6.07 Å². The first-order valence-corrected chi connectivity index (χ1v) is 6.78. The van der Waals surface area contributed by atoms with Crippen LogP contribution < -0.4 is 5.32 Å². The number of benzene rings is 1. The van der Waals surface area contributed by atoms with Crippen molar-refractivity contribution in [2.45, 2.75) is 32.7 Å². The molecule has 4 nitrogen and oxygen atoms in total. The zero-order valence-corrected chi connectivity index (χ0v) is 12.7. The highest BCUT2D eigenvalue weighted by molar-refractivity contribution is 5.58. The predicted octanol–water partition coefficient (Wildman–Crippen LogP) is 3.34. The number of hydrogen-bond acceptors (Lipinski definition) is 3. The van der Waals surface area contributed by atoms with Crippen LogP contribution in [0.25, 0.3) is 0 Å².